The van der Waals surface area contributed by atoms with Crippen LogP contribution in [0, 0.1) is 5.92 Å². The van der Waals surface area contributed by atoms with Gasteiger partial charge in [0.2, 0.25) is 0 Å². The van der Waals surface area contributed by atoms with E-state index < -0.39 is 17.6 Å². The monoisotopic (exact) mass is 553 g/mol. The van der Waals surface area contributed by atoms with Gasteiger partial charge in [-0.15, -0.1) is 10.2 Å². The van der Waals surface area contributed by atoms with Gasteiger partial charge in [-0.3, -0.25) is 4.79 Å². The van der Waals surface area contributed by atoms with Gasteiger partial charge in [-0.05, 0) is 85.9 Å². The van der Waals surface area contributed by atoms with Crippen molar-refractivity contribution in [2.45, 2.75) is 69.8 Å². The third-order valence-corrected chi connectivity index (χ3v) is 8.82. The predicted molar refractivity (Wildman–Crippen MR) is 144 cm³/mol. The summed E-state index contributed by atoms with van der Waals surface area (Å²) in [4.78, 5) is 15.1. The molecule has 3 aromatic rings. The second kappa shape index (κ2) is 10.3. The van der Waals surface area contributed by atoms with Crippen LogP contribution in [-0.2, 0) is 31.1 Å². The van der Waals surface area contributed by atoms with Gasteiger partial charge < -0.3 is 19.5 Å². The molecule has 0 bridgehead atoms. The lowest BCUT2D eigenvalue weighted by molar-refractivity contribution is -0.138. The Balaban J connectivity index is 1.31. The van der Waals surface area contributed by atoms with Crippen LogP contribution in [0.5, 0.6) is 0 Å². The SMILES string of the molecule is Cn1cnnc1C(C[C@H]1CCOC1)c1cccc(N2Cc3c(cc(CNC4(C)CCC4)cc3C(F)(F)F)C2=O)c1. The highest BCUT2D eigenvalue weighted by atomic mass is 19.4. The molecule has 7 nitrogen and oxygen atoms in total. The molecule has 1 unspecified atom stereocenters. The summed E-state index contributed by atoms with van der Waals surface area (Å²) in [5, 5.41) is 11.8. The number of halogens is 3. The van der Waals surface area contributed by atoms with Crippen LogP contribution in [0.15, 0.2) is 42.7 Å². The largest absolute Gasteiger partial charge is 0.416 e. The summed E-state index contributed by atoms with van der Waals surface area (Å²) in [5.41, 5.74) is 1.37. The summed E-state index contributed by atoms with van der Waals surface area (Å²) in [5.74, 6) is 0.674. The maximum absolute atomic E-state index is 14.2. The first-order valence-corrected chi connectivity index (χ1v) is 13.9. The lowest BCUT2D eigenvalue weighted by Crippen LogP contribution is -2.47. The summed E-state index contributed by atoms with van der Waals surface area (Å²) in [6.45, 7) is 3.67. The Hall–Kier alpha value is -3.24. The number of hydrogen-bond acceptors (Lipinski definition) is 5. The fourth-order valence-corrected chi connectivity index (χ4v) is 6.24. The van der Waals surface area contributed by atoms with Gasteiger partial charge in [0.1, 0.15) is 12.2 Å². The van der Waals surface area contributed by atoms with E-state index in [9.17, 15) is 18.0 Å². The van der Waals surface area contributed by atoms with E-state index in [0.29, 0.717) is 30.3 Å². The first-order valence-electron chi connectivity index (χ1n) is 13.9. The zero-order valence-electron chi connectivity index (χ0n) is 22.8. The predicted octanol–water partition coefficient (Wildman–Crippen LogP) is 5.59. The van der Waals surface area contributed by atoms with E-state index in [1.807, 2.05) is 29.8 Å². The Kier molecular flexibility index (Phi) is 6.94. The molecule has 2 aromatic carbocycles. The van der Waals surface area contributed by atoms with E-state index in [-0.39, 0.29) is 29.1 Å². The van der Waals surface area contributed by atoms with Gasteiger partial charge in [0.05, 0.1) is 12.1 Å². The number of fused-ring (bicyclic) bond motifs is 1. The number of hydrogen-bond donors (Lipinski definition) is 1. The topological polar surface area (TPSA) is 72.3 Å². The smallest absolute Gasteiger partial charge is 0.381 e. The van der Waals surface area contributed by atoms with Crippen molar-refractivity contribution in [2.75, 3.05) is 18.1 Å². The molecule has 1 saturated carbocycles. The van der Waals surface area contributed by atoms with Crippen LogP contribution in [0.4, 0.5) is 18.9 Å². The molecule has 3 heterocycles. The number of aromatic nitrogens is 3. The second-order valence-electron chi connectivity index (χ2n) is 11.7. The maximum atomic E-state index is 14.2. The molecule has 1 N–H and O–H groups in total. The third kappa shape index (κ3) is 5.14. The van der Waals surface area contributed by atoms with Gasteiger partial charge in [-0.2, -0.15) is 13.2 Å². The standard InChI is InChI=1S/C30H34F3N5O2/c1-29(8-4-9-29)34-15-20-12-24-25(26(13-20)30(31,32)33)16-38(28(24)39)22-6-3-5-21(14-22)23(11-19-7-10-40-17-19)27-36-35-18-37(27)2/h3,5-6,12-14,18-19,23,34H,4,7-11,15-17H2,1-2H3/t19-,23?/m1/s1. The molecule has 212 valence electrons. The molecule has 1 aromatic heterocycles. The van der Waals surface area contributed by atoms with E-state index in [0.717, 1.165) is 50.1 Å². The maximum Gasteiger partial charge on any atom is 0.416 e. The van der Waals surface area contributed by atoms with Crippen molar-refractivity contribution in [2.24, 2.45) is 13.0 Å². The van der Waals surface area contributed by atoms with Gasteiger partial charge in [0.25, 0.3) is 5.91 Å². The van der Waals surface area contributed by atoms with Gasteiger partial charge in [0.15, 0.2) is 0 Å². The highest BCUT2D eigenvalue weighted by molar-refractivity contribution is 6.10. The van der Waals surface area contributed by atoms with Crippen LogP contribution in [0.3, 0.4) is 0 Å². The molecule has 40 heavy (non-hydrogen) atoms. The molecular formula is C30H34F3N5O2. The number of carbonyl (C=O) groups is 1. The van der Waals surface area contributed by atoms with Crippen LogP contribution in [-0.4, -0.2) is 39.4 Å². The van der Waals surface area contributed by atoms with Gasteiger partial charge in [-0.1, -0.05) is 12.1 Å². The number of alkyl halides is 3. The molecule has 1 aliphatic carbocycles. The third-order valence-electron chi connectivity index (χ3n) is 8.82. The molecular weight excluding hydrogens is 519 g/mol. The van der Waals surface area contributed by atoms with E-state index in [2.05, 4.69) is 22.4 Å². The van der Waals surface area contributed by atoms with Gasteiger partial charge >= 0.3 is 6.18 Å². The highest BCUT2D eigenvalue weighted by Gasteiger charge is 2.41. The molecule has 0 spiro atoms. The molecule has 10 heteroatoms. The summed E-state index contributed by atoms with van der Waals surface area (Å²) in [6.07, 6.45) is 1.97. The fourth-order valence-electron chi connectivity index (χ4n) is 6.24. The Labute approximate surface area is 231 Å². The van der Waals surface area contributed by atoms with Crippen LogP contribution < -0.4 is 10.2 Å². The van der Waals surface area contributed by atoms with Crippen molar-refractivity contribution in [3.63, 3.8) is 0 Å². The number of aryl methyl sites for hydroxylation is 1. The highest BCUT2D eigenvalue weighted by Crippen LogP contribution is 2.41. The lowest BCUT2D eigenvalue weighted by atomic mass is 9.78. The van der Waals surface area contributed by atoms with Crippen molar-refractivity contribution in [3.8, 4) is 0 Å². The average Bonchev–Trinajstić information content (AvgIpc) is 3.65. The minimum Gasteiger partial charge on any atom is -0.381 e. The number of nitrogens with zero attached hydrogens (tertiary/aromatic N) is 4. The van der Waals surface area contributed by atoms with E-state index in [1.165, 1.54) is 11.0 Å². The number of anilines is 1. The van der Waals surface area contributed by atoms with Crippen molar-refractivity contribution >= 4 is 11.6 Å². The lowest BCUT2D eigenvalue weighted by Gasteiger charge is -2.39. The fraction of sp³-hybridized carbons (Fsp3) is 0.500. The van der Waals surface area contributed by atoms with Crippen LogP contribution in [0.2, 0.25) is 0 Å². The van der Waals surface area contributed by atoms with Crippen LogP contribution in [0.25, 0.3) is 0 Å². The van der Waals surface area contributed by atoms with Crippen molar-refractivity contribution in [3.05, 3.63) is 76.4 Å². The molecule has 2 atom stereocenters. The number of nitrogens with one attached hydrogen (secondary N) is 1. The molecule has 6 rings (SSSR count). The Bertz CT molecular complexity index is 1410. The quantitative estimate of drug-likeness (QED) is 0.394. The second-order valence-corrected chi connectivity index (χ2v) is 11.7. The molecule has 2 fully saturated rings. The summed E-state index contributed by atoms with van der Waals surface area (Å²) in [7, 11) is 1.90. The first kappa shape index (κ1) is 27.0. The number of benzene rings is 2. The van der Waals surface area contributed by atoms with Crippen molar-refractivity contribution < 1.29 is 22.7 Å². The normalized spacial score (nSPS) is 21.0. The Morgan fingerprint density at radius 3 is 2.70 bits per heavy atom. The van der Waals surface area contributed by atoms with E-state index >= 15 is 0 Å². The average molecular weight is 554 g/mol. The minimum absolute atomic E-state index is 0.0365. The Morgan fingerprint density at radius 2 is 2.05 bits per heavy atom. The molecule has 1 amide bonds. The molecule has 0 radical (unpaired) electrons. The number of carbonyl (C=O) groups excluding carboxylic acids is 1. The van der Waals surface area contributed by atoms with Gasteiger partial charge in [0, 0.05) is 49.5 Å². The summed E-state index contributed by atoms with van der Waals surface area (Å²) < 4.78 is 50.1. The summed E-state index contributed by atoms with van der Waals surface area (Å²) in [6, 6.07) is 10.4. The molecule has 3 aliphatic rings. The zero-order chi connectivity index (χ0) is 28.1. The minimum atomic E-state index is -4.56. The van der Waals surface area contributed by atoms with Crippen molar-refractivity contribution in [1.82, 2.24) is 20.1 Å². The van der Waals surface area contributed by atoms with Crippen molar-refractivity contribution in [1.29, 1.82) is 0 Å². The van der Waals surface area contributed by atoms with Crippen LogP contribution >= 0.6 is 0 Å². The number of rotatable bonds is 8. The van der Waals surface area contributed by atoms with E-state index in [4.69, 9.17) is 4.74 Å². The summed E-state index contributed by atoms with van der Waals surface area (Å²) >= 11 is 0. The Morgan fingerprint density at radius 1 is 1.23 bits per heavy atom. The molecule has 1 saturated heterocycles. The van der Waals surface area contributed by atoms with E-state index in [1.54, 1.807) is 18.5 Å². The molecule has 2 aliphatic heterocycles. The van der Waals surface area contributed by atoms with Crippen LogP contribution in [0.1, 0.15) is 83.4 Å². The number of ether oxygens (including phenoxy) is 1. The zero-order valence-corrected chi connectivity index (χ0v) is 22.8. The van der Waals surface area contributed by atoms with Gasteiger partial charge in [-0.25, -0.2) is 0 Å². The number of amides is 1. The first-order chi connectivity index (χ1) is 19.1.